The number of aldehydes is 1. The standard InChI is InChI=1S/C15H17NO2/c1-3-4-5-12-6-8-13(9-7-12)15-14(10-17)11(2)16-18-15/h6-10H,3-5H2,1-2H3. The molecule has 0 amide bonds. The summed E-state index contributed by atoms with van der Waals surface area (Å²) in [5, 5.41) is 3.83. The first-order valence-corrected chi connectivity index (χ1v) is 6.27. The summed E-state index contributed by atoms with van der Waals surface area (Å²) in [6.45, 7) is 3.95. The number of unbranched alkanes of at least 4 members (excludes halogenated alkanes) is 1. The van der Waals surface area contributed by atoms with Crippen LogP contribution in [0.1, 0.15) is 41.4 Å². The van der Waals surface area contributed by atoms with Crippen molar-refractivity contribution in [3.05, 3.63) is 41.1 Å². The maximum atomic E-state index is 11.0. The molecule has 0 aliphatic carbocycles. The minimum atomic E-state index is 0.538. The third-order valence-electron chi connectivity index (χ3n) is 3.06. The van der Waals surface area contributed by atoms with Crippen molar-refractivity contribution in [2.75, 3.05) is 0 Å². The molecule has 1 aromatic heterocycles. The molecule has 0 fully saturated rings. The summed E-state index contributed by atoms with van der Waals surface area (Å²) >= 11 is 0. The van der Waals surface area contributed by atoms with Crippen molar-refractivity contribution in [3.63, 3.8) is 0 Å². The Morgan fingerprint density at radius 2 is 2.00 bits per heavy atom. The fourth-order valence-electron chi connectivity index (χ4n) is 1.93. The van der Waals surface area contributed by atoms with Crippen LogP contribution in [0, 0.1) is 6.92 Å². The van der Waals surface area contributed by atoms with Crippen molar-refractivity contribution in [2.45, 2.75) is 33.1 Å². The molecule has 0 unspecified atom stereocenters. The highest BCUT2D eigenvalue weighted by Crippen LogP contribution is 2.25. The minimum Gasteiger partial charge on any atom is -0.355 e. The summed E-state index contributed by atoms with van der Waals surface area (Å²) in [4.78, 5) is 11.0. The zero-order valence-electron chi connectivity index (χ0n) is 10.8. The predicted molar refractivity (Wildman–Crippen MR) is 70.7 cm³/mol. The second kappa shape index (κ2) is 5.63. The molecular formula is C15H17NO2. The molecular weight excluding hydrogens is 226 g/mol. The van der Waals surface area contributed by atoms with E-state index < -0.39 is 0 Å². The maximum absolute atomic E-state index is 11.0. The van der Waals surface area contributed by atoms with Crippen LogP contribution in [0.3, 0.4) is 0 Å². The molecule has 0 N–H and O–H groups in total. The summed E-state index contributed by atoms with van der Waals surface area (Å²) in [6, 6.07) is 8.13. The molecule has 18 heavy (non-hydrogen) atoms. The van der Waals surface area contributed by atoms with E-state index in [0.717, 1.165) is 18.3 Å². The Morgan fingerprint density at radius 1 is 1.28 bits per heavy atom. The van der Waals surface area contributed by atoms with Crippen LogP contribution in [0.5, 0.6) is 0 Å². The number of aromatic nitrogens is 1. The Balaban J connectivity index is 2.26. The van der Waals surface area contributed by atoms with E-state index in [0.29, 0.717) is 17.0 Å². The molecule has 3 heteroatoms. The SMILES string of the molecule is CCCCc1ccc(-c2onc(C)c2C=O)cc1. The van der Waals surface area contributed by atoms with Gasteiger partial charge in [0.05, 0.1) is 11.3 Å². The average molecular weight is 243 g/mol. The number of carbonyl (C=O) groups is 1. The van der Waals surface area contributed by atoms with E-state index in [1.165, 1.54) is 18.4 Å². The molecule has 0 saturated carbocycles. The van der Waals surface area contributed by atoms with Gasteiger partial charge in [-0.3, -0.25) is 4.79 Å². The molecule has 0 atom stereocenters. The van der Waals surface area contributed by atoms with Gasteiger partial charge in [-0.25, -0.2) is 0 Å². The van der Waals surface area contributed by atoms with Gasteiger partial charge < -0.3 is 4.52 Å². The molecule has 2 aromatic rings. The number of hydrogen-bond acceptors (Lipinski definition) is 3. The van der Waals surface area contributed by atoms with Crippen LogP contribution in [0.25, 0.3) is 11.3 Å². The molecule has 2 rings (SSSR count). The van der Waals surface area contributed by atoms with Crippen LogP contribution < -0.4 is 0 Å². The number of aryl methyl sites for hydroxylation is 2. The van der Waals surface area contributed by atoms with Gasteiger partial charge in [-0.2, -0.15) is 0 Å². The van der Waals surface area contributed by atoms with Gasteiger partial charge in [0.25, 0.3) is 0 Å². The lowest BCUT2D eigenvalue weighted by Gasteiger charge is -2.01. The number of benzene rings is 1. The topological polar surface area (TPSA) is 43.1 Å². The van der Waals surface area contributed by atoms with Crippen LogP contribution in [0.4, 0.5) is 0 Å². The van der Waals surface area contributed by atoms with Crippen molar-refractivity contribution in [1.82, 2.24) is 5.16 Å². The van der Waals surface area contributed by atoms with Gasteiger partial charge in [-0.05, 0) is 25.3 Å². The third kappa shape index (κ3) is 2.50. The van der Waals surface area contributed by atoms with Crippen molar-refractivity contribution >= 4 is 6.29 Å². The highest BCUT2D eigenvalue weighted by atomic mass is 16.5. The first kappa shape index (κ1) is 12.6. The van der Waals surface area contributed by atoms with E-state index in [4.69, 9.17) is 4.52 Å². The lowest BCUT2D eigenvalue weighted by atomic mass is 10.0. The average Bonchev–Trinajstić information content (AvgIpc) is 2.78. The summed E-state index contributed by atoms with van der Waals surface area (Å²) < 4.78 is 5.21. The van der Waals surface area contributed by atoms with Crippen LogP contribution in [0.15, 0.2) is 28.8 Å². The zero-order chi connectivity index (χ0) is 13.0. The fraction of sp³-hybridized carbons (Fsp3) is 0.333. The fourth-order valence-corrected chi connectivity index (χ4v) is 1.93. The van der Waals surface area contributed by atoms with Crippen molar-refractivity contribution in [3.8, 4) is 11.3 Å². The summed E-state index contributed by atoms with van der Waals surface area (Å²) in [6.07, 6.45) is 4.28. The molecule has 1 aromatic carbocycles. The second-order valence-corrected chi connectivity index (χ2v) is 4.43. The number of rotatable bonds is 5. The maximum Gasteiger partial charge on any atom is 0.177 e. The third-order valence-corrected chi connectivity index (χ3v) is 3.06. The normalized spacial score (nSPS) is 10.6. The Labute approximate surface area is 107 Å². The van der Waals surface area contributed by atoms with Crippen LogP contribution in [-0.2, 0) is 6.42 Å². The molecule has 1 heterocycles. The zero-order valence-corrected chi connectivity index (χ0v) is 10.8. The van der Waals surface area contributed by atoms with Gasteiger partial charge in [0.2, 0.25) is 0 Å². The van der Waals surface area contributed by atoms with E-state index in [2.05, 4.69) is 24.2 Å². The lowest BCUT2D eigenvalue weighted by molar-refractivity contribution is 0.112. The molecule has 94 valence electrons. The molecule has 0 radical (unpaired) electrons. The van der Waals surface area contributed by atoms with Crippen LogP contribution in [0.2, 0.25) is 0 Å². The largest absolute Gasteiger partial charge is 0.355 e. The molecule has 0 bridgehead atoms. The van der Waals surface area contributed by atoms with Gasteiger partial charge in [-0.15, -0.1) is 0 Å². The Morgan fingerprint density at radius 3 is 2.61 bits per heavy atom. The number of nitrogens with zero attached hydrogens (tertiary/aromatic N) is 1. The lowest BCUT2D eigenvalue weighted by Crippen LogP contribution is -1.87. The molecule has 0 aliphatic rings. The highest BCUT2D eigenvalue weighted by Gasteiger charge is 2.13. The van der Waals surface area contributed by atoms with E-state index in [-0.39, 0.29) is 0 Å². The van der Waals surface area contributed by atoms with Gasteiger partial charge in [0.15, 0.2) is 12.0 Å². The highest BCUT2D eigenvalue weighted by molar-refractivity contribution is 5.86. The smallest absolute Gasteiger partial charge is 0.177 e. The monoisotopic (exact) mass is 243 g/mol. The van der Waals surface area contributed by atoms with Gasteiger partial charge >= 0.3 is 0 Å². The number of carbonyl (C=O) groups excluding carboxylic acids is 1. The number of hydrogen-bond donors (Lipinski definition) is 0. The van der Waals surface area contributed by atoms with Gasteiger partial charge in [-0.1, -0.05) is 42.8 Å². The Hall–Kier alpha value is -1.90. The van der Waals surface area contributed by atoms with Gasteiger partial charge in [0.1, 0.15) is 0 Å². The summed E-state index contributed by atoms with van der Waals surface area (Å²) in [7, 11) is 0. The molecule has 0 saturated heterocycles. The Kier molecular flexibility index (Phi) is 3.92. The first-order valence-electron chi connectivity index (χ1n) is 6.27. The van der Waals surface area contributed by atoms with E-state index in [9.17, 15) is 4.79 Å². The summed E-state index contributed by atoms with van der Waals surface area (Å²) in [5.74, 6) is 0.560. The Bertz CT molecular complexity index is 526. The molecule has 0 aliphatic heterocycles. The van der Waals surface area contributed by atoms with Gasteiger partial charge in [0, 0.05) is 5.56 Å². The predicted octanol–water partition coefficient (Wildman–Crippen LogP) is 3.81. The van der Waals surface area contributed by atoms with E-state index in [1.54, 1.807) is 6.92 Å². The quantitative estimate of drug-likeness (QED) is 0.750. The van der Waals surface area contributed by atoms with Crippen molar-refractivity contribution in [2.24, 2.45) is 0 Å². The summed E-state index contributed by atoms with van der Waals surface area (Å²) in [5.41, 5.74) is 3.38. The van der Waals surface area contributed by atoms with Crippen LogP contribution in [-0.4, -0.2) is 11.4 Å². The van der Waals surface area contributed by atoms with Crippen LogP contribution >= 0.6 is 0 Å². The second-order valence-electron chi connectivity index (χ2n) is 4.43. The molecule has 3 nitrogen and oxygen atoms in total. The van der Waals surface area contributed by atoms with Crippen molar-refractivity contribution < 1.29 is 9.32 Å². The van der Waals surface area contributed by atoms with E-state index >= 15 is 0 Å². The van der Waals surface area contributed by atoms with E-state index in [1.807, 2.05) is 12.1 Å². The first-order chi connectivity index (χ1) is 8.76. The van der Waals surface area contributed by atoms with Crippen molar-refractivity contribution in [1.29, 1.82) is 0 Å². The molecule has 0 spiro atoms. The minimum absolute atomic E-state index is 0.538.